The number of hydrogen-bond donors (Lipinski definition) is 0. The Balaban J connectivity index is 0.000000341. The zero-order valence-corrected chi connectivity index (χ0v) is 16.4. The molecule has 0 bridgehead atoms. The van der Waals surface area contributed by atoms with Crippen LogP contribution >= 0.6 is 0 Å². The van der Waals surface area contributed by atoms with Gasteiger partial charge in [-0.1, -0.05) is 12.1 Å². The van der Waals surface area contributed by atoms with E-state index in [0.717, 1.165) is 0 Å². The minimum atomic E-state index is 0. The fourth-order valence-corrected chi connectivity index (χ4v) is 2.14. The molecule has 0 atom stereocenters. The van der Waals surface area contributed by atoms with E-state index in [1.807, 2.05) is 0 Å². The predicted molar refractivity (Wildman–Crippen MR) is 96.6 cm³/mol. The molecule has 0 heterocycles. The molecule has 0 aliphatic carbocycles. The molecule has 4 rings (SSSR count). The second-order valence-corrected chi connectivity index (χ2v) is 12.0. The van der Waals surface area contributed by atoms with E-state index in [4.69, 9.17) is 0 Å². The summed E-state index contributed by atoms with van der Waals surface area (Å²) in [5.74, 6) is 0. The standard InChI is InChI=1S/2C9H7.C2H6Si.2FH.Ti/c2*1-2-5-9-7-3-6-8(9)4-1;1-3-2;;;/h2*1-7H;1-2H3;2*1H;/q2*-1;;;;+2/p-2. The van der Waals surface area contributed by atoms with E-state index in [2.05, 4.69) is 117 Å². The van der Waals surface area contributed by atoms with Crippen molar-refractivity contribution in [2.45, 2.75) is 13.1 Å². The van der Waals surface area contributed by atoms with Gasteiger partial charge >= 0.3 is 38.5 Å². The van der Waals surface area contributed by atoms with Gasteiger partial charge in [0, 0.05) is 0 Å². The largest absolute Gasteiger partial charge is 1.00 e. The fourth-order valence-electron chi connectivity index (χ4n) is 2.14. The maximum Gasteiger partial charge on any atom is -0.0809 e. The van der Waals surface area contributed by atoms with Crippen LogP contribution in [0.5, 0.6) is 0 Å². The minimum Gasteiger partial charge on any atom is -1.00 e. The molecule has 0 nitrogen and oxygen atoms in total. The van der Waals surface area contributed by atoms with E-state index in [0.29, 0.717) is 0 Å². The van der Waals surface area contributed by atoms with Crippen molar-refractivity contribution in [3.63, 3.8) is 0 Å². The summed E-state index contributed by atoms with van der Waals surface area (Å²) in [7, 11) is 0. The van der Waals surface area contributed by atoms with Crippen molar-refractivity contribution in [3.05, 3.63) is 84.9 Å². The van der Waals surface area contributed by atoms with Gasteiger partial charge in [0.1, 0.15) is 0 Å². The van der Waals surface area contributed by atoms with Crippen molar-refractivity contribution in [3.8, 4) is 0 Å². The average Bonchev–Trinajstić information content (AvgIpc) is 3.16. The molecule has 0 radical (unpaired) electrons. The first-order valence-corrected chi connectivity index (χ1v) is 12.2. The minimum absolute atomic E-state index is 0. The summed E-state index contributed by atoms with van der Waals surface area (Å²) in [6.07, 6.45) is 0.120. The molecule has 0 unspecified atom stereocenters. The molecular weight excluding hydrogens is 354 g/mol. The van der Waals surface area contributed by atoms with E-state index >= 15 is 0 Å². The first kappa shape index (κ1) is 22.5. The number of hydrogen-bond acceptors (Lipinski definition) is 0. The van der Waals surface area contributed by atoms with Gasteiger partial charge in [-0.2, -0.15) is 35.0 Å². The maximum absolute atomic E-state index is 2.27. The van der Waals surface area contributed by atoms with E-state index in [1.165, 1.54) is 21.5 Å². The Bertz CT molecular complexity index is 718. The Hall–Kier alpha value is -1.55. The number of halogens is 2. The van der Waals surface area contributed by atoms with Crippen molar-refractivity contribution in [1.29, 1.82) is 0 Å². The van der Waals surface area contributed by atoms with Crippen molar-refractivity contribution in [1.82, 2.24) is 0 Å². The monoisotopic (exact) mass is 374 g/mol. The van der Waals surface area contributed by atoms with Crippen LogP contribution in [0.1, 0.15) is 0 Å². The molecule has 0 aromatic heterocycles. The Morgan fingerprint density at radius 3 is 1.33 bits per heavy atom. The molecule has 124 valence electrons. The van der Waals surface area contributed by atoms with Gasteiger partial charge in [-0.3, -0.25) is 0 Å². The van der Waals surface area contributed by atoms with Crippen LogP contribution in [-0.2, 0) is 19.2 Å². The molecule has 0 N–H and O–H groups in total. The molecule has 0 spiro atoms. The van der Waals surface area contributed by atoms with Crippen molar-refractivity contribution in [2.24, 2.45) is 0 Å². The maximum atomic E-state index is 2.27. The Morgan fingerprint density at radius 1 is 0.667 bits per heavy atom. The van der Waals surface area contributed by atoms with Gasteiger partial charge in [-0.15, -0.1) is 59.3 Å². The van der Waals surface area contributed by atoms with Crippen LogP contribution < -0.4 is 9.41 Å². The molecule has 0 aliphatic heterocycles. The van der Waals surface area contributed by atoms with Crippen LogP contribution in [-0.4, -0.2) is 6.19 Å². The number of benzene rings is 2. The summed E-state index contributed by atoms with van der Waals surface area (Å²) in [6.45, 7) is 4.54. The van der Waals surface area contributed by atoms with Crippen molar-refractivity contribution >= 4 is 27.7 Å². The predicted octanol–water partition coefficient (Wildman–Crippen LogP) is -0.0903. The van der Waals surface area contributed by atoms with E-state index < -0.39 is 0 Å². The number of fused-ring (bicyclic) bond motifs is 2. The molecule has 0 saturated heterocycles. The Morgan fingerprint density at radius 2 is 1.00 bits per heavy atom. The zero-order valence-electron chi connectivity index (χ0n) is 13.8. The molecule has 4 aromatic rings. The van der Waals surface area contributed by atoms with E-state index in [-0.39, 0.29) is 15.6 Å². The third-order valence-corrected chi connectivity index (χ3v) is 3.10. The van der Waals surface area contributed by atoms with Gasteiger partial charge < -0.3 is 9.41 Å². The third-order valence-electron chi connectivity index (χ3n) is 3.10. The van der Waals surface area contributed by atoms with Gasteiger partial charge in [0.2, 0.25) is 0 Å². The molecule has 4 aromatic carbocycles. The van der Waals surface area contributed by atoms with Crippen LogP contribution in [0.3, 0.4) is 0 Å². The van der Waals surface area contributed by atoms with E-state index in [9.17, 15) is 0 Å². The van der Waals surface area contributed by atoms with Gasteiger partial charge in [-0.05, 0) is 0 Å². The third kappa shape index (κ3) is 7.35. The molecule has 0 aliphatic rings. The average molecular weight is 374 g/mol. The summed E-state index contributed by atoms with van der Waals surface area (Å²) >= 11 is 2.27. The quantitative estimate of drug-likeness (QED) is 0.298. The molecular formula is C20H20F2SiTi-2. The molecule has 24 heavy (non-hydrogen) atoms. The molecule has 0 saturated carbocycles. The smallest absolute Gasteiger partial charge is 0.0809 e. The van der Waals surface area contributed by atoms with Gasteiger partial charge in [0.05, 0.1) is 0 Å². The van der Waals surface area contributed by atoms with Crippen LogP contribution in [0.4, 0.5) is 0 Å². The van der Waals surface area contributed by atoms with Gasteiger partial charge in [-0.25, -0.2) is 0 Å². The second-order valence-electron chi connectivity index (χ2n) is 5.31. The Labute approximate surface area is 154 Å². The molecule has 0 amide bonds. The van der Waals surface area contributed by atoms with Crippen LogP contribution in [0.25, 0.3) is 21.5 Å². The molecule has 4 heteroatoms. The fraction of sp³-hybridized carbons (Fsp3) is 0.100. The van der Waals surface area contributed by atoms with E-state index in [1.54, 1.807) is 0 Å². The van der Waals surface area contributed by atoms with Crippen LogP contribution in [0, 0.1) is 0 Å². The summed E-state index contributed by atoms with van der Waals surface area (Å²) in [5, 5.41) is 5.32. The number of rotatable bonds is 0. The van der Waals surface area contributed by atoms with Crippen LogP contribution in [0.15, 0.2) is 84.9 Å². The summed E-state index contributed by atoms with van der Waals surface area (Å²) in [4.78, 5) is 0. The van der Waals surface area contributed by atoms with Crippen LogP contribution in [0.2, 0.25) is 13.1 Å². The first-order valence-electron chi connectivity index (χ1n) is 7.39. The topological polar surface area (TPSA) is 0 Å². The summed E-state index contributed by atoms with van der Waals surface area (Å²) in [6, 6.07) is 29.3. The summed E-state index contributed by atoms with van der Waals surface area (Å²) < 4.78 is 0. The second kappa shape index (κ2) is 11.9. The first-order chi connectivity index (χ1) is 10.7. The summed E-state index contributed by atoms with van der Waals surface area (Å²) in [5.41, 5.74) is 0. The normalized spacial score (nSPS) is 8.83. The molecule has 0 fully saturated rings. The van der Waals surface area contributed by atoms with Crippen molar-refractivity contribution in [2.75, 3.05) is 0 Å². The SMILES string of the molecule is C[Si](C)=[Ti+2].[F-].[F-].c1ccc2[cH-]ccc2c1.c1ccc2[cH-]ccc2c1. The zero-order chi connectivity index (χ0) is 15.8. The Kier molecular flexibility index (Phi) is 11.1. The van der Waals surface area contributed by atoms with Gasteiger partial charge in [0.15, 0.2) is 0 Å². The van der Waals surface area contributed by atoms with Crippen molar-refractivity contribution < 1.29 is 28.6 Å². The van der Waals surface area contributed by atoms with Gasteiger partial charge in [0.25, 0.3) is 0 Å².